The molecule has 2 heterocycles. The normalized spacial score (nSPS) is 22.9. The zero-order chi connectivity index (χ0) is 18.4. The summed E-state index contributed by atoms with van der Waals surface area (Å²) >= 11 is 0. The first-order chi connectivity index (χ1) is 11.8. The lowest BCUT2D eigenvalue weighted by atomic mass is 10.1. The van der Waals surface area contributed by atoms with Crippen LogP contribution in [0.1, 0.15) is 20.3 Å². The van der Waals surface area contributed by atoms with E-state index in [2.05, 4.69) is 21.8 Å². The highest BCUT2D eigenvalue weighted by atomic mass is 127. The molecule has 2 aliphatic heterocycles. The van der Waals surface area contributed by atoms with E-state index in [-0.39, 0.29) is 53.2 Å². The SMILES string of the molecule is C=CCNC(=NCC1CCS(=O)(=O)C1)N1CCN(C(=O)C(C)C)CC1.I. The Balaban J connectivity index is 0.00000338. The highest BCUT2D eigenvalue weighted by Gasteiger charge is 2.28. The maximum Gasteiger partial charge on any atom is 0.225 e. The summed E-state index contributed by atoms with van der Waals surface area (Å²) < 4.78 is 23.2. The van der Waals surface area contributed by atoms with Gasteiger partial charge in [0.15, 0.2) is 15.8 Å². The van der Waals surface area contributed by atoms with Crippen molar-refractivity contribution in [1.82, 2.24) is 15.1 Å². The number of piperazine rings is 1. The van der Waals surface area contributed by atoms with Gasteiger partial charge < -0.3 is 15.1 Å². The largest absolute Gasteiger partial charge is 0.353 e. The Morgan fingerprint density at radius 2 is 1.88 bits per heavy atom. The lowest BCUT2D eigenvalue weighted by molar-refractivity contribution is -0.135. The summed E-state index contributed by atoms with van der Waals surface area (Å²) in [6.45, 7) is 11.5. The molecule has 2 saturated heterocycles. The van der Waals surface area contributed by atoms with Crippen molar-refractivity contribution in [2.45, 2.75) is 20.3 Å². The van der Waals surface area contributed by atoms with Crippen molar-refractivity contribution in [3.05, 3.63) is 12.7 Å². The Morgan fingerprint density at radius 1 is 1.27 bits per heavy atom. The van der Waals surface area contributed by atoms with Crippen LogP contribution < -0.4 is 5.32 Å². The van der Waals surface area contributed by atoms with Crippen molar-refractivity contribution >= 4 is 45.7 Å². The molecule has 0 spiro atoms. The van der Waals surface area contributed by atoms with E-state index in [0.29, 0.717) is 32.6 Å². The Kier molecular flexibility index (Phi) is 9.35. The number of aliphatic imine (C=N–C) groups is 1. The molecule has 1 amide bonds. The van der Waals surface area contributed by atoms with Crippen molar-refractivity contribution < 1.29 is 13.2 Å². The van der Waals surface area contributed by atoms with Crippen LogP contribution in [0.15, 0.2) is 17.6 Å². The van der Waals surface area contributed by atoms with Crippen molar-refractivity contribution in [1.29, 1.82) is 0 Å². The van der Waals surface area contributed by atoms with Gasteiger partial charge in [-0.15, -0.1) is 30.6 Å². The monoisotopic (exact) mass is 498 g/mol. The molecule has 0 saturated carbocycles. The summed E-state index contributed by atoms with van der Waals surface area (Å²) in [4.78, 5) is 20.8. The summed E-state index contributed by atoms with van der Waals surface area (Å²) in [7, 11) is -2.87. The van der Waals surface area contributed by atoms with Crippen molar-refractivity contribution in [3.8, 4) is 0 Å². The lowest BCUT2D eigenvalue weighted by Crippen LogP contribution is -2.54. The van der Waals surface area contributed by atoms with Crippen LogP contribution >= 0.6 is 24.0 Å². The molecular weight excluding hydrogens is 467 g/mol. The van der Waals surface area contributed by atoms with Gasteiger partial charge in [0.05, 0.1) is 11.5 Å². The molecular formula is C17H31IN4O3S. The molecule has 2 fully saturated rings. The summed E-state index contributed by atoms with van der Waals surface area (Å²) in [5.41, 5.74) is 0. The summed E-state index contributed by atoms with van der Waals surface area (Å²) in [6, 6.07) is 0. The maximum atomic E-state index is 12.1. The van der Waals surface area contributed by atoms with Gasteiger partial charge in [-0.2, -0.15) is 0 Å². The van der Waals surface area contributed by atoms with Crippen molar-refractivity contribution in [2.75, 3.05) is 50.8 Å². The minimum Gasteiger partial charge on any atom is -0.353 e. The average molecular weight is 498 g/mol. The minimum absolute atomic E-state index is 0. The van der Waals surface area contributed by atoms with E-state index in [4.69, 9.17) is 0 Å². The Labute approximate surface area is 174 Å². The number of nitrogens with zero attached hydrogens (tertiary/aromatic N) is 3. The van der Waals surface area contributed by atoms with E-state index in [0.717, 1.165) is 19.0 Å². The third-order valence-corrected chi connectivity index (χ3v) is 6.45. The Morgan fingerprint density at radius 3 is 2.38 bits per heavy atom. The number of hydrogen-bond acceptors (Lipinski definition) is 4. The van der Waals surface area contributed by atoms with Crippen LogP contribution in [0, 0.1) is 11.8 Å². The van der Waals surface area contributed by atoms with Crippen LogP contribution in [0.2, 0.25) is 0 Å². The third kappa shape index (κ3) is 6.71. The predicted octanol–water partition coefficient (Wildman–Crippen LogP) is 0.971. The number of guanidine groups is 1. The first-order valence-electron chi connectivity index (χ1n) is 8.95. The molecule has 9 heteroatoms. The molecule has 1 N–H and O–H groups in total. The highest BCUT2D eigenvalue weighted by Crippen LogP contribution is 2.18. The molecule has 1 unspecified atom stereocenters. The molecule has 7 nitrogen and oxygen atoms in total. The fourth-order valence-electron chi connectivity index (χ4n) is 3.17. The van der Waals surface area contributed by atoms with Crippen LogP contribution in [-0.2, 0) is 14.6 Å². The molecule has 150 valence electrons. The third-order valence-electron chi connectivity index (χ3n) is 4.62. The van der Waals surface area contributed by atoms with E-state index >= 15 is 0 Å². The molecule has 0 aromatic rings. The molecule has 0 aliphatic carbocycles. The number of carbonyl (C=O) groups is 1. The van der Waals surface area contributed by atoms with Gasteiger partial charge in [-0.25, -0.2) is 8.42 Å². The highest BCUT2D eigenvalue weighted by molar-refractivity contribution is 14.0. The number of halogens is 1. The van der Waals surface area contributed by atoms with E-state index < -0.39 is 9.84 Å². The number of hydrogen-bond donors (Lipinski definition) is 1. The van der Waals surface area contributed by atoms with E-state index in [9.17, 15) is 13.2 Å². The summed E-state index contributed by atoms with van der Waals surface area (Å²) in [5.74, 6) is 1.60. The van der Waals surface area contributed by atoms with Gasteiger partial charge >= 0.3 is 0 Å². The summed E-state index contributed by atoms with van der Waals surface area (Å²) in [6.07, 6.45) is 2.46. The van der Waals surface area contributed by atoms with Gasteiger partial charge in [-0.05, 0) is 12.3 Å². The van der Waals surface area contributed by atoms with E-state index in [1.54, 1.807) is 6.08 Å². The average Bonchev–Trinajstić information content (AvgIpc) is 2.93. The summed E-state index contributed by atoms with van der Waals surface area (Å²) in [5, 5.41) is 3.26. The number of rotatable bonds is 5. The topological polar surface area (TPSA) is 82.1 Å². The van der Waals surface area contributed by atoms with Gasteiger partial charge in [0.25, 0.3) is 0 Å². The second kappa shape index (κ2) is 10.5. The molecule has 2 rings (SSSR count). The number of amides is 1. The molecule has 2 aliphatic rings. The molecule has 1 atom stereocenters. The fraction of sp³-hybridized carbons (Fsp3) is 0.765. The van der Waals surface area contributed by atoms with E-state index in [1.165, 1.54) is 0 Å². The van der Waals surface area contributed by atoms with Gasteiger partial charge in [0, 0.05) is 45.2 Å². The molecule has 26 heavy (non-hydrogen) atoms. The second-order valence-electron chi connectivity index (χ2n) is 7.07. The van der Waals surface area contributed by atoms with Gasteiger partial charge in [-0.3, -0.25) is 9.79 Å². The molecule has 0 aromatic carbocycles. The van der Waals surface area contributed by atoms with Gasteiger partial charge in [0.2, 0.25) is 5.91 Å². The van der Waals surface area contributed by atoms with Crippen molar-refractivity contribution in [3.63, 3.8) is 0 Å². The smallest absolute Gasteiger partial charge is 0.225 e. The standard InChI is InChI=1S/C17H30N4O3S.HI/c1-4-6-18-17(19-12-15-5-11-25(23,24)13-15)21-9-7-20(8-10-21)16(22)14(2)3;/h4,14-15H,1,5-13H2,2-3H3,(H,18,19);1H. The van der Waals surface area contributed by atoms with Crippen LogP contribution in [-0.4, -0.2) is 80.9 Å². The lowest BCUT2D eigenvalue weighted by Gasteiger charge is -2.37. The van der Waals surface area contributed by atoms with Crippen LogP contribution in [0.3, 0.4) is 0 Å². The first-order valence-corrected chi connectivity index (χ1v) is 10.8. The number of carbonyl (C=O) groups excluding carboxylic acids is 1. The van der Waals surface area contributed by atoms with Crippen LogP contribution in [0.4, 0.5) is 0 Å². The molecule has 0 bridgehead atoms. The zero-order valence-corrected chi connectivity index (χ0v) is 18.8. The minimum atomic E-state index is -2.87. The van der Waals surface area contributed by atoms with Gasteiger partial charge in [0.1, 0.15) is 0 Å². The van der Waals surface area contributed by atoms with E-state index in [1.807, 2.05) is 18.7 Å². The zero-order valence-electron chi connectivity index (χ0n) is 15.7. The molecule has 0 aromatic heterocycles. The van der Waals surface area contributed by atoms with Crippen LogP contribution in [0.5, 0.6) is 0 Å². The Bertz CT molecular complexity index is 613. The number of sulfone groups is 1. The van der Waals surface area contributed by atoms with Gasteiger partial charge in [-0.1, -0.05) is 19.9 Å². The van der Waals surface area contributed by atoms with Crippen molar-refractivity contribution in [2.24, 2.45) is 16.8 Å². The maximum absolute atomic E-state index is 12.1. The Hall–Kier alpha value is -0.840. The number of nitrogens with one attached hydrogen (secondary N) is 1. The van der Waals surface area contributed by atoms with Crippen LogP contribution in [0.25, 0.3) is 0 Å². The predicted molar refractivity (Wildman–Crippen MR) is 116 cm³/mol. The fourth-order valence-corrected chi connectivity index (χ4v) is 5.02. The first kappa shape index (κ1) is 23.2. The second-order valence-corrected chi connectivity index (χ2v) is 9.30. The quantitative estimate of drug-likeness (QED) is 0.265. The molecule has 0 radical (unpaired) electrons.